The molecular formula is C11H11NOS. The number of thiol groups is 1. The molecule has 2 aromatic rings. The SMILES string of the molecule is SCc1ocnc1Cc1ccccc1. The third-order valence-corrected chi connectivity index (χ3v) is 2.37. The maximum atomic E-state index is 5.20. The van der Waals surface area contributed by atoms with Crippen molar-refractivity contribution >= 4 is 12.6 Å². The molecule has 0 saturated carbocycles. The topological polar surface area (TPSA) is 26.0 Å². The number of hydrogen-bond donors (Lipinski definition) is 1. The first kappa shape index (κ1) is 9.34. The lowest BCUT2D eigenvalue weighted by Crippen LogP contribution is -1.91. The Balaban J connectivity index is 2.19. The molecule has 14 heavy (non-hydrogen) atoms. The van der Waals surface area contributed by atoms with Gasteiger partial charge in [-0.15, -0.1) is 0 Å². The molecule has 3 heteroatoms. The summed E-state index contributed by atoms with van der Waals surface area (Å²) in [6.45, 7) is 0. The molecule has 0 aliphatic carbocycles. The fraction of sp³-hybridized carbons (Fsp3) is 0.182. The molecule has 0 fully saturated rings. The molecule has 0 bridgehead atoms. The minimum Gasteiger partial charge on any atom is -0.447 e. The predicted molar refractivity (Wildman–Crippen MR) is 58.4 cm³/mol. The average Bonchev–Trinajstić information content (AvgIpc) is 2.67. The summed E-state index contributed by atoms with van der Waals surface area (Å²) in [6, 6.07) is 10.2. The molecule has 1 aromatic carbocycles. The minimum absolute atomic E-state index is 0.599. The molecule has 0 aliphatic rings. The highest BCUT2D eigenvalue weighted by atomic mass is 32.1. The van der Waals surface area contributed by atoms with Crippen molar-refractivity contribution in [2.45, 2.75) is 12.2 Å². The van der Waals surface area contributed by atoms with Gasteiger partial charge in [-0.05, 0) is 5.56 Å². The van der Waals surface area contributed by atoms with Gasteiger partial charge < -0.3 is 4.42 Å². The summed E-state index contributed by atoms with van der Waals surface area (Å²) in [4.78, 5) is 4.17. The van der Waals surface area contributed by atoms with Crippen molar-refractivity contribution in [1.82, 2.24) is 4.98 Å². The van der Waals surface area contributed by atoms with E-state index in [-0.39, 0.29) is 0 Å². The molecule has 2 rings (SSSR count). The van der Waals surface area contributed by atoms with E-state index in [4.69, 9.17) is 4.42 Å². The number of rotatable bonds is 3. The van der Waals surface area contributed by atoms with Crippen LogP contribution in [0.5, 0.6) is 0 Å². The van der Waals surface area contributed by atoms with Crippen LogP contribution in [-0.4, -0.2) is 4.98 Å². The van der Waals surface area contributed by atoms with Gasteiger partial charge in [-0.2, -0.15) is 12.6 Å². The average molecular weight is 205 g/mol. The Kier molecular flexibility index (Phi) is 2.89. The first-order valence-electron chi connectivity index (χ1n) is 4.46. The highest BCUT2D eigenvalue weighted by molar-refractivity contribution is 7.79. The van der Waals surface area contributed by atoms with Gasteiger partial charge in [0.15, 0.2) is 6.39 Å². The van der Waals surface area contributed by atoms with Crippen molar-refractivity contribution < 1.29 is 4.42 Å². The van der Waals surface area contributed by atoms with Gasteiger partial charge in [0.25, 0.3) is 0 Å². The number of hydrogen-bond acceptors (Lipinski definition) is 3. The fourth-order valence-corrected chi connectivity index (χ4v) is 1.61. The summed E-state index contributed by atoms with van der Waals surface area (Å²) in [5.41, 5.74) is 2.22. The zero-order valence-corrected chi connectivity index (χ0v) is 8.58. The maximum Gasteiger partial charge on any atom is 0.181 e. The van der Waals surface area contributed by atoms with E-state index in [1.807, 2.05) is 18.2 Å². The third kappa shape index (κ3) is 1.99. The first-order chi connectivity index (χ1) is 6.90. The van der Waals surface area contributed by atoms with E-state index in [2.05, 4.69) is 29.7 Å². The Labute approximate surface area is 88.4 Å². The van der Waals surface area contributed by atoms with Crippen LogP contribution < -0.4 is 0 Å². The quantitative estimate of drug-likeness (QED) is 0.780. The van der Waals surface area contributed by atoms with E-state index in [0.29, 0.717) is 5.75 Å². The molecule has 0 N–H and O–H groups in total. The summed E-state index contributed by atoms with van der Waals surface area (Å²) < 4.78 is 5.20. The van der Waals surface area contributed by atoms with Gasteiger partial charge in [0, 0.05) is 6.42 Å². The Bertz CT molecular complexity index is 397. The number of aromatic nitrogens is 1. The lowest BCUT2D eigenvalue weighted by Gasteiger charge is -1.98. The normalized spacial score (nSPS) is 10.4. The summed E-state index contributed by atoms with van der Waals surface area (Å²) >= 11 is 4.18. The highest BCUT2D eigenvalue weighted by Crippen LogP contribution is 2.14. The highest BCUT2D eigenvalue weighted by Gasteiger charge is 2.06. The van der Waals surface area contributed by atoms with Crippen molar-refractivity contribution in [3.8, 4) is 0 Å². The monoisotopic (exact) mass is 205 g/mol. The van der Waals surface area contributed by atoms with Crippen LogP contribution in [0.15, 0.2) is 41.1 Å². The van der Waals surface area contributed by atoms with Crippen LogP contribution in [0.1, 0.15) is 17.0 Å². The van der Waals surface area contributed by atoms with Crippen LogP contribution in [0, 0.1) is 0 Å². The van der Waals surface area contributed by atoms with E-state index < -0.39 is 0 Å². The van der Waals surface area contributed by atoms with Gasteiger partial charge in [0.1, 0.15) is 5.76 Å². The summed E-state index contributed by atoms with van der Waals surface area (Å²) in [7, 11) is 0. The molecular weight excluding hydrogens is 194 g/mol. The second-order valence-electron chi connectivity index (χ2n) is 3.04. The number of benzene rings is 1. The Morgan fingerprint density at radius 2 is 2.00 bits per heavy atom. The van der Waals surface area contributed by atoms with Crippen LogP contribution in [0.4, 0.5) is 0 Å². The van der Waals surface area contributed by atoms with Crippen molar-refractivity contribution in [3.63, 3.8) is 0 Å². The molecule has 1 aromatic heterocycles. The van der Waals surface area contributed by atoms with E-state index in [1.54, 1.807) is 0 Å². The maximum absolute atomic E-state index is 5.20. The molecule has 0 radical (unpaired) electrons. The van der Waals surface area contributed by atoms with Crippen LogP contribution in [0.3, 0.4) is 0 Å². The van der Waals surface area contributed by atoms with Gasteiger partial charge in [0.05, 0.1) is 11.4 Å². The lowest BCUT2D eigenvalue weighted by molar-refractivity contribution is 0.521. The lowest BCUT2D eigenvalue weighted by atomic mass is 10.1. The molecule has 1 heterocycles. The molecule has 0 atom stereocenters. The van der Waals surface area contributed by atoms with Crippen molar-refractivity contribution in [1.29, 1.82) is 0 Å². The Hall–Kier alpha value is -1.22. The van der Waals surface area contributed by atoms with Crippen LogP contribution >= 0.6 is 12.6 Å². The summed E-state index contributed by atoms with van der Waals surface area (Å²) in [5, 5.41) is 0. The van der Waals surface area contributed by atoms with E-state index in [0.717, 1.165) is 17.9 Å². The largest absolute Gasteiger partial charge is 0.447 e. The summed E-state index contributed by atoms with van der Waals surface area (Å²) in [6.07, 6.45) is 2.29. The van der Waals surface area contributed by atoms with Crippen LogP contribution in [-0.2, 0) is 12.2 Å². The number of oxazole rings is 1. The van der Waals surface area contributed by atoms with Gasteiger partial charge in [-0.3, -0.25) is 0 Å². The molecule has 0 aliphatic heterocycles. The van der Waals surface area contributed by atoms with Crippen molar-refractivity contribution in [2.24, 2.45) is 0 Å². The molecule has 0 saturated heterocycles. The third-order valence-electron chi connectivity index (χ3n) is 2.08. The first-order valence-corrected chi connectivity index (χ1v) is 5.09. The summed E-state index contributed by atoms with van der Waals surface area (Å²) in [5.74, 6) is 1.46. The molecule has 0 amide bonds. The second-order valence-corrected chi connectivity index (χ2v) is 3.36. The van der Waals surface area contributed by atoms with Gasteiger partial charge >= 0.3 is 0 Å². The van der Waals surface area contributed by atoms with Crippen LogP contribution in [0.25, 0.3) is 0 Å². The zero-order valence-electron chi connectivity index (χ0n) is 7.68. The zero-order chi connectivity index (χ0) is 9.80. The Morgan fingerprint density at radius 1 is 1.21 bits per heavy atom. The minimum atomic E-state index is 0.599. The van der Waals surface area contributed by atoms with Gasteiger partial charge in [-0.1, -0.05) is 30.3 Å². The number of nitrogens with zero attached hydrogens (tertiary/aromatic N) is 1. The predicted octanol–water partition coefficient (Wildman–Crippen LogP) is 2.70. The van der Waals surface area contributed by atoms with E-state index in [9.17, 15) is 0 Å². The molecule has 0 spiro atoms. The molecule has 2 nitrogen and oxygen atoms in total. The van der Waals surface area contributed by atoms with Gasteiger partial charge in [0.2, 0.25) is 0 Å². The smallest absolute Gasteiger partial charge is 0.181 e. The second kappa shape index (κ2) is 4.33. The van der Waals surface area contributed by atoms with E-state index in [1.165, 1.54) is 12.0 Å². The van der Waals surface area contributed by atoms with Crippen LogP contribution in [0.2, 0.25) is 0 Å². The van der Waals surface area contributed by atoms with Crippen molar-refractivity contribution in [2.75, 3.05) is 0 Å². The van der Waals surface area contributed by atoms with E-state index >= 15 is 0 Å². The fourth-order valence-electron chi connectivity index (χ4n) is 1.36. The molecule has 0 unspecified atom stereocenters. The molecule has 72 valence electrons. The standard InChI is InChI=1S/C11H11NOS/c14-7-11-10(12-8-13-11)6-9-4-2-1-3-5-9/h1-5,8,14H,6-7H2. The van der Waals surface area contributed by atoms with Gasteiger partial charge in [-0.25, -0.2) is 4.98 Å². The Morgan fingerprint density at radius 3 is 2.71 bits per heavy atom. The van der Waals surface area contributed by atoms with Crippen molar-refractivity contribution in [3.05, 3.63) is 53.7 Å².